The molecule has 5 nitrogen and oxygen atoms in total. The van der Waals surface area contributed by atoms with Gasteiger partial charge in [0.1, 0.15) is 12.3 Å². The molecule has 0 aliphatic heterocycles. The number of carboxylic acids is 1. The summed E-state index contributed by atoms with van der Waals surface area (Å²) in [6.07, 6.45) is 0. The van der Waals surface area contributed by atoms with Gasteiger partial charge in [0.05, 0.1) is 12.8 Å². The van der Waals surface area contributed by atoms with E-state index in [2.05, 4.69) is 5.32 Å². The Labute approximate surface area is 140 Å². The fourth-order valence-electron chi connectivity index (χ4n) is 2.11. The Bertz CT molecular complexity index is 677. The lowest BCUT2D eigenvalue weighted by Crippen LogP contribution is -2.38. The summed E-state index contributed by atoms with van der Waals surface area (Å²) in [4.78, 5) is 12.7. The Kier molecular flexibility index (Phi) is 5.94. The van der Waals surface area contributed by atoms with Crippen LogP contribution in [0.3, 0.4) is 0 Å². The van der Waals surface area contributed by atoms with Crippen LogP contribution in [0.15, 0.2) is 54.6 Å². The molecule has 0 aliphatic carbocycles. The summed E-state index contributed by atoms with van der Waals surface area (Å²) in [5.74, 6) is -0.296. The molecule has 0 bridgehead atoms. The van der Waals surface area contributed by atoms with Gasteiger partial charge in [-0.15, -0.1) is 0 Å². The molecular formula is C17H18N2O3S. The molecule has 0 atom stereocenters. The number of aliphatic carboxylic acids is 1. The fraction of sp³-hybridized carbons (Fsp3) is 0.176. The van der Waals surface area contributed by atoms with Gasteiger partial charge < -0.3 is 20.1 Å². The van der Waals surface area contributed by atoms with Crippen LogP contribution < -0.4 is 10.1 Å². The summed E-state index contributed by atoms with van der Waals surface area (Å²) in [7, 11) is 1.57. The van der Waals surface area contributed by atoms with E-state index in [1.54, 1.807) is 12.0 Å². The zero-order valence-corrected chi connectivity index (χ0v) is 13.5. The van der Waals surface area contributed by atoms with Gasteiger partial charge in [-0.25, -0.2) is 0 Å². The van der Waals surface area contributed by atoms with Gasteiger partial charge in [-0.05, 0) is 29.9 Å². The highest BCUT2D eigenvalue weighted by molar-refractivity contribution is 7.80. The number of methoxy groups -OCH3 is 1. The number of hydrogen-bond acceptors (Lipinski definition) is 3. The van der Waals surface area contributed by atoms with Gasteiger partial charge in [0.15, 0.2) is 5.11 Å². The first-order valence-electron chi connectivity index (χ1n) is 7.05. The number of anilines is 1. The van der Waals surface area contributed by atoms with E-state index in [-0.39, 0.29) is 6.54 Å². The normalized spacial score (nSPS) is 9.96. The standard InChI is InChI=1S/C17H18N2O3S/c1-22-15-10-6-5-9-14(15)18-17(23)19(12-16(20)21)11-13-7-3-2-4-8-13/h2-10H,11-12H2,1H3,(H,18,23)(H,20,21). The molecular weight excluding hydrogens is 312 g/mol. The Morgan fingerprint density at radius 1 is 1.17 bits per heavy atom. The molecule has 0 aliphatic rings. The number of hydrogen-bond donors (Lipinski definition) is 2. The zero-order valence-electron chi connectivity index (χ0n) is 12.7. The molecule has 0 heterocycles. The molecule has 2 aromatic carbocycles. The molecule has 0 spiro atoms. The zero-order chi connectivity index (χ0) is 16.7. The number of carbonyl (C=O) groups is 1. The lowest BCUT2D eigenvalue weighted by Gasteiger charge is -2.24. The van der Waals surface area contributed by atoms with Crippen molar-refractivity contribution in [1.82, 2.24) is 4.90 Å². The highest BCUT2D eigenvalue weighted by Crippen LogP contribution is 2.23. The summed E-state index contributed by atoms with van der Waals surface area (Å²) in [5, 5.41) is 12.5. The third kappa shape index (κ3) is 4.96. The molecule has 0 saturated heterocycles. The van der Waals surface area contributed by atoms with Crippen molar-refractivity contribution >= 4 is 29.0 Å². The molecule has 0 unspecified atom stereocenters. The topological polar surface area (TPSA) is 61.8 Å². The molecule has 2 rings (SSSR count). The Balaban J connectivity index is 2.14. The third-order valence-electron chi connectivity index (χ3n) is 3.18. The number of nitrogens with zero attached hydrogens (tertiary/aromatic N) is 1. The van der Waals surface area contributed by atoms with Gasteiger partial charge in [-0.2, -0.15) is 0 Å². The second kappa shape index (κ2) is 8.14. The van der Waals surface area contributed by atoms with E-state index >= 15 is 0 Å². The second-order valence-electron chi connectivity index (χ2n) is 4.87. The van der Waals surface area contributed by atoms with Crippen LogP contribution in [0, 0.1) is 0 Å². The quantitative estimate of drug-likeness (QED) is 0.794. The summed E-state index contributed by atoms with van der Waals surface area (Å²) in [6.45, 7) is 0.226. The van der Waals surface area contributed by atoms with Crippen LogP contribution >= 0.6 is 12.2 Å². The average molecular weight is 330 g/mol. The van der Waals surface area contributed by atoms with Crippen LogP contribution in [0.5, 0.6) is 5.75 Å². The number of ether oxygens (including phenoxy) is 1. The smallest absolute Gasteiger partial charge is 0.323 e. The van der Waals surface area contributed by atoms with Crippen LogP contribution in [0.1, 0.15) is 5.56 Å². The van der Waals surface area contributed by atoms with E-state index in [1.807, 2.05) is 54.6 Å². The van der Waals surface area contributed by atoms with E-state index in [0.29, 0.717) is 23.1 Å². The van der Waals surface area contributed by atoms with Crippen molar-refractivity contribution in [1.29, 1.82) is 0 Å². The van der Waals surface area contributed by atoms with Crippen molar-refractivity contribution in [2.24, 2.45) is 0 Å². The van der Waals surface area contributed by atoms with Crippen molar-refractivity contribution in [3.05, 3.63) is 60.2 Å². The summed E-state index contributed by atoms with van der Waals surface area (Å²) in [6, 6.07) is 16.9. The largest absolute Gasteiger partial charge is 0.495 e. The lowest BCUT2D eigenvalue weighted by molar-refractivity contribution is -0.137. The summed E-state index contributed by atoms with van der Waals surface area (Å²) >= 11 is 5.38. The van der Waals surface area contributed by atoms with Crippen LogP contribution in [-0.2, 0) is 11.3 Å². The molecule has 0 radical (unpaired) electrons. The third-order valence-corrected chi connectivity index (χ3v) is 3.54. The average Bonchev–Trinajstić information content (AvgIpc) is 2.55. The number of rotatable bonds is 6. The van der Waals surface area contributed by atoms with Gasteiger partial charge >= 0.3 is 5.97 Å². The van der Waals surface area contributed by atoms with Crippen molar-refractivity contribution in [2.75, 3.05) is 19.0 Å². The van der Waals surface area contributed by atoms with E-state index in [9.17, 15) is 4.79 Å². The predicted molar refractivity (Wildman–Crippen MR) is 93.7 cm³/mol. The van der Waals surface area contributed by atoms with E-state index in [0.717, 1.165) is 5.56 Å². The minimum absolute atomic E-state index is 0.185. The van der Waals surface area contributed by atoms with E-state index in [1.165, 1.54) is 0 Å². The maximum Gasteiger partial charge on any atom is 0.323 e. The number of nitrogens with one attached hydrogen (secondary N) is 1. The van der Waals surface area contributed by atoms with Crippen molar-refractivity contribution in [3.8, 4) is 5.75 Å². The highest BCUT2D eigenvalue weighted by Gasteiger charge is 2.15. The number of para-hydroxylation sites is 2. The Morgan fingerprint density at radius 3 is 2.48 bits per heavy atom. The summed E-state index contributed by atoms with van der Waals surface area (Å²) in [5.41, 5.74) is 1.68. The molecule has 0 amide bonds. The van der Waals surface area contributed by atoms with Crippen LogP contribution in [-0.4, -0.2) is 34.7 Å². The maximum atomic E-state index is 11.1. The molecule has 23 heavy (non-hydrogen) atoms. The van der Waals surface area contributed by atoms with Gasteiger partial charge in [-0.1, -0.05) is 42.5 Å². The molecule has 2 aromatic rings. The first kappa shape index (κ1) is 16.8. The van der Waals surface area contributed by atoms with Crippen molar-refractivity contribution in [2.45, 2.75) is 6.54 Å². The van der Waals surface area contributed by atoms with Crippen molar-refractivity contribution in [3.63, 3.8) is 0 Å². The van der Waals surface area contributed by atoms with Crippen LogP contribution in [0.4, 0.5) is 5.69 Å². The minimum atomic E-state index is -0.940. The lowest BCUT2D eigenvalue weighted by atomic mass is 10.2. The van der Waals surface area contributed by atoms with Crippen LogP contribution in [0.25, 0.3) is 0 Å². The SMILES string of the molecule is COc1ccccc1NC(=S)N(CC(=O)O)Cc1ccccc1. The molecule has 6 heteroatoms. The molecule has 0 aromatic heterocycles. The number of carboxylic acid groups (broad SMARTS) is 1. The highest BCUT2D eigenvalue weighted by atomic mass is 32.1. The first-order valence-corrected chi connectivity index (χ1v) is 7.45. The first-order chi connectivity index (χ1) is 11.1. The number of benzene rings is 2. The fourth-order valence-corrected chi connectivity index (χ4v) is 2.35. The van der Waals surface area contributed by atoms with Gasteiger partial charge in [0, 0.05) is 6.54 Å². The second-order valence-corrected chi connectivity index (χ2v) is 5.25. The molecule has 0 saturated carbocycles. The van der Waals surface area contributed by atoms with Gasteiger partial charge in [-0.3, -0.25) is 4.79 Å². The van der Waals surface area contributed by atoms with Gasteiger partial charge in [0.2, 0.25) is 0 Å². The monoisotopic (exact) mass is 330 g/mol. The minimum Gasteiger partial charge on any atom is -0.495 e. The van der Waals surface area contributed by atoms with Gasteiger partial charge in [0.25, 0.3) is 0 Å². The molecule has 120 valence electrons. The van der Waals surface area contributed by atoms with E-state index in [4.69, 9.17) is 22.1 Å². The molecule has 2 N–H and O–H groups in total. The van der Waals surface area contributed by atoms with Crippen molar-refractivity contribution < 1.29 is 14.6 Å². The number of thiocarbonyl (C=S) groups is 1. The van der Waals surface area contributed by atoms with Crippen LogP contribution in [0.2, 0.25) is 0 Å². The Hall–Kier alpha value is -2.60. The molecule has 0 fully saturated rings. The maximum absolute atomic E-state index is 11.1. The predicted octanol–water partition coefficient (Wildman–Crippen LogP) is 2.98. The summed E-state index contributed by atoms with van der Waals surface area (Å²) < 4.78 is 5.27. The van der Waals surface area contributed by atoms with E-state index < -0.39 is 5.97 Å². The Morgan fingerprint density at radius 2 is 1.83 bits per heavy atom.